The number of rotatable bonds is 1. The minimum absolute atomic E-state index is 1.36. The van der Waals surface area contributed by atoms with Gasteiger partial charge >= 0.3 is 42.0 Å². The standard InChI is InChI=1S/C3H5N.W/c1-3-4-2;/h3-4H,2H3;. The summed E-state index contributed by atoms with van der Waals surface area (Å²) in [6.07, 6.45) is 1.79. The van der Waals surface area contributed by atoms with Crippen LogP contribution in [0, 0.1) is 0 Å². The topological polar surface area (TPSA) is 12.0 Å². The number of hydrogen-bond acceptors (Lipinski definition) is 1. The molecule has 0 rings (SSSR count). The molecule has 0 bridgehead atoms. The number of hydrogen-bond donors (Lipinski definition) is 1. The van der Waals surface area contributed by atoms with Crippen LogP contribution in [-0.2, 0) is 19.4 Å². The fraction of sp³-hybridized carbons (Fsp3) is 0.333. The molecule has 0 aliphatic heterocycles. The summed E-state index contributed by atoms with van der Waals surface area (Å²) in [6, 6.07) is 0. The Bertz CT molecular complexity index is 53.9. The summed E-state index contributed by atoms with van der Waals surface area (Å²) in [5, 5.41) is 2.80. The second kappa shape index (κ2) is 4.14. The first kappa shape index (κ1) is 5.14. The molecule has 5 heavy (non-hydrogen) atoms. The molecule has 0 heterocycles. The molecular weight excluding hydrogens is 234 g/mol. The molecule has 0 saturated carbocycles. The van der Waals surface area contributed by atoms with Crippen LogP contribution in [-0.4, -0.2) is 11.1 Å². The van der Waals surface area contributed by atoms with Gasteiger partial charge in [0.1, 0.15) is 0 Å². The summed E-state index contributed by atoms with van der Waals surface area (Å²) in [6.45, 7) is 0. The quantitative estimate of drug-likeness (QED) is 0.660. The molecule has 28 valence electrons. The van der Waals surface area contributed by atoms with E-state index in [0.717, 1.165) is 0 Å². The first-order valence-electron chi connectivity index (χ1n) is 1.28. The van der Waals surface area contributed by atoms with Crippen LogP contribution in [0.15, 0.2) is 6.20 Å². The maximum atomic E-state index is 2.86. The van der Waals surface area contributed by atoms with Crippen LogP contribution in [0.4, 0.5) is 0 Å². The van der Waals surface area contributed by atoms with Crippen molar-refractivity contribution >= 4 is 4.06 Å². The van der Waals surface area contributed by atoms with Gasteiger partial charge in [0.25, 0.3) is 0 Å². The van der Waals surface area contributed by atoms with Gasteiger partial charge in [0.2, 0.25) is 0 Å². The van der Waals surface area contributed by atoms with Crippen molar-refractivity contribution in [2.45, 2.75) is 0 Å². The van der Waals surface area contributed by atoms with Gasteiger partial charge in [-0.15, -0.1) is 0 Å². The van der Waals surface area contributed by atoms with Crippen molar-refractivity contribution in [3.05, 3.63) is 6.20 Å². The summed E-state index contributed by atoms with van der Waals surface area (Å²) in [4.78, 5) is 0. The zero-order valence-electron chi connectivity index (χ0n) is 2.99. The van der Waals surface area contributed by atoms with Gasteiger partial charge in [0.15, 0.2) is 0 Å². The van der Waals surface area contributed by atoms with E-state index < -0.39 is 0 Å². The van der Waals surface area contributed by atoms with Crippen LogP contribution >= 0.6 is 0 Å². The minimum atomic E-state index is 1.36. The van der Waals surface area contributed by atoms with Crippen molar-refractivity contribution in [1.82, 2.24) is 5.32 Å². The van der Waals surface area contributed by atoms with Crippen molar-refractivity contribution in [3.63, 3.8) is 0 Å². The van der Waals surface area contributed by atoms with E-state index in [-0.39, 0.29) is 0 Å². The van der Waals surface area contributed by atoms with E-state index in [1.54, 1.807) is 6.20 Å². The van der Waals surface area contributed by atoms with Gasteiger partial charge in [-0.25, -0.2) is 0 Å². The normalized spacial score (nSPS) is 5.00. The van der Waals surface area contributed by atoms with Crippen molar-refractivity contribution in [3.8, 4) is 0 Å². The molecule has 0 aromatic carbocycles. The average molecular weight is 239 g/mol. The van der Waals surface area contributed by atoms with E-state index in [4.69, 9.17) is 0 Å². The van der Waals surface area contributed by atoms with Crippen LogP contribution in [0.25, 0.3) is 0 Å². The SMILES string of the molecule is CNC=[C]=[W]. The summed E-state index contributed by atoms with van der Waals surface area (Å²) in [7, 11) is 1.86. The van der Waals surface area contributed by atoms with Gasteiger partial charge in [-0.2, -0.15) is 0 Å². The Balaban J connectivity index is 2.93. The van der Waals surface area contributed by atoms with Gasteiger partial charge in [-0.1, -0.05) is 0 Å². The molecular formula is C3H5NW. The Morgan fingerprint density at radius 1 is 2.00 bits per heavy atom. The Morgan fingerprint density at radius 3 is 2.60 bits per heavy atom. The maximum absolute atomic E-state index is 2.86. The van der Waals surface area contributed by atoms with Crippen LogP contribution in [0.2, 0.25) is 0 Å². The van der Waals surface area contributed by atoms with E-state index in [1.165, 1.54) is 19.4 Å². The fourth-order valence-corrected chi connectivity index (χ4v) is 0.482. The first-order valence-corrected chi connectivity index (χ1v) is 2.75. The predicted octanol–water partition coefficient (Wildman–Crippen LogP) is -0.333. The Morgan fingerprint density at radius 2 is 2.60 bits per heavy atom. The second-order valence-electron chi connectivity index (χ2n) is 0.551. The summed E-state index contributed by atoms with van der Waals surface area (Å²) in [5.41, 5.74) is 0. The monoisotopic (exact) mass is 239 g/mol. The molecule has 0 saturated heterocycles. The van der Waals surface area contributed by atoms with E-state index in [2.05, 4.69) is 9.37 Å². The van der Waals surface area contributed by atoms with Crippen LogP contribution in [0.3, 0.4) is 0 Å². The van der Waals surface area contributed by atoms with Gasteiger partial charge in [-0.05, 0) is 0 Å². The van der Waals surface area contributed by atoms with E-state index >= 15 is 0 Å². The molecule has 0 aliphatic rings. The van der Waals surface area contributed by atoms with E-state index in [9.17, 15) is 0 Å². The van der Waals surface area contributed by atoms with E-state index in [0.29, 0.717) is 0 Å². The van der Waals surface area contributed by atoms with Crippen molar-refractivity contribution in [2.24, 2.45) is 0 Å². The van der Waals surface area contributed by atoms with Crippen LogP contribution in [0.5, 0.6) is 0 Å². The Labute approximate surface area is 42.5 Å². The average Bonchev–Trinajstić information content (AvgIpc) is 1.41. The molecule has 1 N–H and O–H groups in total. The molecule has 0 aromatic rings. The molecule has 0 atom stereocenters. The molecule has 0 unspecified atom stereocenters. The first-order chi connectivity index (χ1) is 2.41. The van der Waals surface area contributed by atoms with Crippen LogP contribution in [0.1, 0.15) is 0 Å². The molecule has 0 amide bonds. The Hall–Kier alpha value is 0.138. The fourth-order valence-electron chi connectivity index (χ4n) is 0.0589. The Kier molecular flexibility index (Phi) is 4.25. The van der Waals surface area contributed by atoms with Crippen molar-refractivity contribution in [1.29, 1.82) is 0 Å². The van der Waals surface area contributed by atoms with Gasteiger partial charge in [-0.3, -0.25) is 0 Å². The molecule has 0 aromatic heterocycles. The van der Waals surface area contributed by atoms with Crippen LogP contribution < -0.4 is 5.32 Å². The predicted molar refractivity (Wildman–Crippen MR) is 18.6 cm³/mol. The van der Waals surface area contributed by atoms with E-state index in [1.807, 2.05) is 7.05 Å². The molecule has 1 nitrogen and oxygen atoms in total. The summed E-state index contributed by atoms with van der Waals surface area (Å²) < 4.78 is 2.86. The third-order valence-corrected chi connectivity index (χ3v) is 0.627. The zero-order valence-corrected chi connectivity index (χ0v) is 5.92. The van der Waals surface area contributed by atoms with Gasteiger partial charge in [0.05, 0.1) is 0 Å². The molecule has 0 radical (unpaired) electrons. The second-order valence-corrected chi connectivity index (χ2v) is 1.40. The number of nitrogens with one attached hydrogen (secondary N) is 1. The molecule has 0 spiro atoms. The zero-order chi connectivity index (χ0) is 4.12. The van der Waals surface area contributed by atoms with Crippen molar-refractivity contribution in [2.75, 3.05) is 7.05 Å². The summed E-state index contributed by atoms with van der Waals surface area (Å²) >= 11 is 1.36. The van der Waals surface area contributed by atoms with Gasteiger partial charge in [0, 0.05) is 0 Å². The molecule has 2 heteroatoms. The molecule has 0 fully saturated rings. The molecule has 0 aliphatic carbocycles. The third-order valence-electron chi connectivity index (χ3n) is 0.203. The van der Waals surface area contributed by atoms with Gasteiger partial charge < -0.3 is 0 Å². The third kappa shape index (κ3) is 4.14. The summed E-state index contributed by atoms with van der Waals surface area (Å²) in [5.74, 6) is 0. The van der Waals surface area contributed by atoms with Crippen molar-refractivity contribution < 1.29 is 19.4 Å².